The predicted molar refractivity (Wildman–Crippen MR) is 66.9 cm³/mol. The maximum absolute atomic E-state index is 11.7. The van der Waals surface area contributed by atoms with E-state index in [2.05, 4.69) is 5.32 Å². The molecule has 4 nitrogen and oxygen atoms in total. The first kappa shape index (κ1) is 12.7. The van der Waals surface area contributed by atoms with E-state index < -0.39 is 0 Å². The Balaban J connectivity index is 1.75. The number of nitrogens with one attached hydrogen (secondary N) is 1. The number of likely N-dealkylation sites (tertiary alicyclic amines) is 1. The molecule has 2 saturated heterocycles. The largest absolute Gasteiger partial charge is 0.447 e. The number of nitrogens with zero attached hydrogens (tertiary/aromatic N) is 1. The van der Waals surface area contributed by atoms with Gasteiger partial charge in [0.25, 0.3) is 0 Å². The van der Waals surface area contributed by atoms with E-state index in [0.717, 1.165) is 31.8 Å². The first-order valence-corrected chi connectivity index (χ1v) is 6.86. The molecular formula is C13H24N2O2. The van der Waals surface area contributed by atoms with E-state index in [9.17, 15) is 4.79 Å². The Kier molecular flexibility index (Phi) is 4.26. The van der Waals surface area contributed by atoms with E-state index in [-0.39, 0.29) is 12.2 Å². The first-order chi connectivity index (χ1) is 8.16. The number of carbonyl (C=O) groups is 1. The predicted octanol–water partition coefficient (Wildman–Crippen LogP) is 2.00. The number of carbonyl (C=O) groups excluding carboxylic acids is 1. The molecule has 0 aromatic carbocycles. The molecule has 1 amide bonds. The number of amides is 1. The van der Waals surface area contributed by atoms with Crippen LogP contribution in [-0.4, -0.2) is 42.8 Å². The number of piperidine rings is 1. The maximum atomic E-state index is 11.7. The SMILES string of the molecule is CC(C)OC(=O)N1CCC(C2CCCN2)CC1. The molecule has 0 aliphatic carbocycles. The molecule has 0 aromatic rings. The summed E-state index contributed by atoms with van der Waals surface area (Å²) in [6.45, 7) is 6.67. The van der Waals surface area contributed by atoms with Crippen molar-refractivity contribution < 1.29 is 9.53 Å². The van der Waals surface area contributed by atoms with Gasteiger partial charge < -0.3 is 15.0 Å². The van der Waals surface area contributed by atoms with Crippen LogP contribution in [0.1, 0.15) is 39.5 Å². The first-order valence-electron chi connectivity index (χ1n) is 6.86. The minimum atomic E-state index is -0.141. The van der Waals surface area contributed by atoms with Crippen LogP contribution in [0.15, 0.2) is 0 Å². The van der Waals surface area contributed by atoms with Crippen LogP contribution in [0.2, 0.25) is 0 Å². The summed E-state index contributed by atoms with van der Waals surface area (Å²) in [6, 6.07) is 0.693. The second kappa shape index (κ2) is 5.71. The van der Waals surface area contributed by atoms with Gasteiger partial charge in [0.1, 0.15) is 0 Å². The molecule has 2 fully saturated rings. The van der Waals surface area contributed by atoms with Gasteiger partial charge in [-0.2, -0.15) is 0 Å². The maximum Gasteiger partial charge on any atom is 0.410 e. The minimum Gasteiger partial charge on any atom is -0.447 e. The highest BCUT2D eigenvalue weighted by Gasteiger charge is 2.30. The summed E-state index contributed by atoms with van der Waals surface area (Å²) in [5, 5.41) is 3.57. The van der Waals surface area contributed by atoms with Crippen molar-refractivity contribution in [2.45, 2.75) is 51.7 Å². The Morgan fingerprint density at radius 1 is 1.29 bits per heavy atom. The van der Waals surface area contributed by atoms with E-state index in [0.29, 0.717) is 6.04 Å². The van der Waals surface area contributed by atoms with E-state index >= 15 is 0 Å². The fraction of sp³-hybridized carbons (Fsp3) is 0.923. The van der Waals surface area contributed by atoms with Crippen molar-refractivity contribution >= 4 is 6.09 Å². The van der Waals surface area contributed by atoms with E-state index in [1.165, 1.54) is 19.4 Å². The van der Waals surface area contributed by atoms with Gasteiger partial charge in [-0.3, -0.25) is 0 Å². The third kappa shape index (κ3) is 3.35. The summed E-state index contributed by atoms with van der Waals surface area (Å²) >= 11 is 0. The smallest absolute Gasteiger partial charge is 0.410 e. The molecule has 2 aliphatic rings. The molecule has 0 saturated carbocycles. The lowest BCUT2D eigenvalue weighted by molar-refractivity contribution is 0.0628. The van der Waals surface area contributed by atoms with Gasteiger partial charge in [0.05, 0.1) is 6.10 Å². The van der Waals surface area contributed by atoms with Gasteiger partial charge in [-0.15, -0.1) is 0 Å². The number of hydrogen-bond acceptors (Lipinski definition) is 3. The highest BCUT2D eigenvalue weighted by molar-refractivity contribution is 5.67. The van der Waals surface area contributed by atoms with Gasteiger partial charge in [0.2, 0.25) is 0 Å². The molecule has 17 heavy (non-hydrogen) atoms. The Morgan fingerprint density at radius 3 is 2.53 bits per heavy atom. The Hall–Kier alpha value is -0.770. The van der Waals surface area contributed by atoms with Crippen LogP contribution < -0.4 is 5.32 Å². The third-order valence-corrected chi connectivity index (χ3v) is 3.80. The van der Waals surface area contributed by atoms with Gasteiger partial charge in [0, 0.05) is 19.1 Å². The van der Waals surface area contributed by atoms with Crippen LogP contribution in [0.3, 0.4) is 0 Å². The van der Waals surface area contributed by atoms with E-state index in [1.807, 2.05) is 18.7 Å². The number of rotatable bonds is 2. The topological polar surface area (TPSA) is 41.6 Å². The molecule has 98 valence electrons. The lowest BCUT2D eigenvalue weighted by atomic mass is 9.89. The van der Waals surface area contributed by atoms with Gasteiger partial charge in [-0.1, -0.05) is 0 Å². The summed E-state index contributed by atoms with van der Waals surface area (Å²) in [4.78, 5) is 13.6. The van der Waals surface area contributed by atoms with Crippen LogP contribution in [0.25, 0.3) is 0 Å². The molecule has 0 aromatic heterocycles. The van der Waals surface area contributed by atoms with Crippen molar-refractivity contribution in [2.75, 3.05) is 19.6 Å². The molecule has 0 spiro atoms. The van der Waals surface area contributed by atoms with Crippen molar-refractivity contribution in [1.82, 2.24) is 10.2 Å². The van der Waals surface area contributed by atoms with Gasteiger partial charge >= 0.3 is 6.09 Å². The summed E-state index contributed by atoms with van der Waals surface area (Å²) in [6.07, 6.45) is 4.69. The average molecular weight is 240 g/mol. The van der Waals surface area contributed by atoms with Crippen molar-refractivity contribution in [3.05, 3.63) is 0 Å². The average Bonchev–Trinajstić information content (AvgIpc) is 2.82. The fourth-order valence-electron chi connectivity index (χ4n) is 2.87. The van der Waals surface area contributed by atoms with Crippen molar-refractivity contribution in [3.8, 4) is 0 Å². The Morgan fingerprint density at radius 2 is 2.00 bits per heavy atom. The Bertz CT molecular complexity index is 254. The zero-order valence-electron chi connectivity index (χ0n) is 10.9. The summed E-state index contributed by atoms with van der Waals surface area (Å²) in [5.41, 5.74) is 0. The van der Waals surface area contributed by atoms with E-state index in [1.54, 1.807) is 0 Å². The zero-order chi connectivity index (χ0) is 12.3. The number of hydrogen-bond donors (Lipinski definition) is 1. The molecule has 4 heteroatoms. The highest BCUT2D eigenvalue weighted by Crippen LogP contribution is 2.25. The van der Waals surface area contributed by atoms with Crippen LogP contribution >= 0.6 is 0 Å². The lowest BCUT2D eigenvalue weighted by Crippen LogP contribution is -2.44. The molecular weight excluding hydrogens is 216 g/mol. The molecule has 0 bridgehead atoms. The van der Waals surface area contributed by atoms with Crippen LogP contribution in [-0.2, 0) is 4.74 Å². The molecule has 2 aliphatic heterocycles. The third-order valence-electron chi connectivity index (χ3n) is 3.80. The highest BCUT2D eigenvalue weighted by atomic mass is 16.6. The van der Waals surface area contributed by atoms with Crippen molar-refractivity contribution in [1.29, 1.82) is 0 Å². The van der Waals surface area contributed by atoms with Crippen molar-refractivity contribution in [3.63, 3.8) is 0 Å². The van der Waals surface area contributed by atoms with Crippen LogP contribution in [0.5, 0.6) is 0 Å². The molecule has 1 atom stereocenters. The van der Waals surface area contributed by atoms with Gasteiger partial charge in [0.15, 0.2) is 0 Å². The summed E-state index contributed by atoms with van der Waals surface area (Å²) in [5.74, 6) is 0.751. The van der Waals surface area contributed by atoms with Crippen LogP contribution in [0, 0.1) is 5.92 Å². The summed E-state index contributed by atoms with van der Waals surface area (Å²) < 4.78 is 5.22. The number of ether oxygens (including phenoxy) is 1. The molecule has 0 radical (unpaired) electrons. The molecule has 1 unspecified atom stereocenters. The second-order valence-electron chi connectivity index (χ2n) is 5.46. The Labute approximate surface area is 104 Å². The zero-order valence-corrected chi connectivity index (χ0v) is 10.9. The monoisotopic (exact) mass is 240 g/mol. The fourth-order valence-corrected chi connectivity index (χ4v) is 2.87. The molecule has 2 heterocycles. The van der Waals surface area contributed by atoms with Gasteiger partial charge in [-0.05, 0) is 52.0 Å². The minimum absolute atomic E-state index is 0.0169. The quantitative estimate of drug-likeness (QED) is 0.802. The summed E-state index contributed by atoms with van der Waals surface area (Å²) in [7, 11) is 0. The van der Waals surface area contributed by atoms with E-state index in [4.69, 9.17) is 4.74 Å². The second-order valence-corrected chi connectivity index (χ2v) is 5.46. The van der Waals surface area contributed by atoms with Crippen molar-refractivity contribution in [2.24, 2.45) is 5.92 Å². The molecule has 2 rings (SSSR count). The lowest BCUT2D eigenvalue weighted by Gasteiger charge is -2.34. The molecule has 1 N–H and O–H groups in total. The van der Waals surface area contributed by atoms with Crippen LogP contribution in [0.4, 0.5) is 4.79 Å². The standard InChI is InChI=1S/C13H24N2O2/c1-10(2)17-13(16)15-8-5-11(6-9-15)12-4-3-7-14-12/h10-12,14H,3-9H2,1-2H3. The normalized spacial score (nSPS) is 26.5. The van der Waals surface area contributed by atoms with Gasteiger partial charge in [-0.25, -0.2) is 4.79 Å².